The molecule has 0 fully saturated rings. The highest BCUT2D eigenvalue weighted by atomic mass is 14.9. The predicted molar refractivity (Wildman–Crippen MR) is 87.5 cm³/mol. The number of nitrogens with one attached hydrogen (secondary N) is 1. The highest BCUT2D eigenvalue weighted by molar-refractivity contribution is 5.78. The Labute approximate surface area is 125 Å². The molecule has 0 aliphatic carbocycles. The third-order valence-electron chi connectivity index (χ3n) is 3.78. The van der Waals surface area contributed by atoms with Crippen LogP contribution in [0.4, 0.5) is 5.69 Å². The monoisotopic (exact) mass is 277 g/mol. The van der Waals surface area contributed by atoms with Crippen LogP contribution in [0.5, 0.6) is 0 Å². The van der Waals surface area contributed by atoms with Crippen molar-refractivity contribution < 1.29 is 0 Å². The minimum absolute atomic E-state index is 0.823. The number of fused-ring (bicyclic) bond motifs is 1. The zero-order valence-corrected chi connectivity index (χ0v) is 12.6. The van der Waals surface area contributed by atoms with Gasteiger partial charge in [-0.2, -0.15) is 0 Å². The quantitative estimate of drug-likeness (QED) is 0.781. The number of hydrogen-bond donors (Lipinski definition) is 1. The van der Waals surface area contributed by atoms with Crippen LogP contribution in [-0.2, 0) is 6.54 Å². The molecule has 0 bridgehead atoms. The number of nitrogens with zero attached hydrogens (tertiary/aromatic N) is 2. The first-order chi connectivity index (χ1) is 10.1. The standard InChI is InChI=1S/C18H19N3/c1-12-8-13(2)16(14(3)9-12)11-21-15-4-5-17-18(10-15)20-7-6-19-17/h4-10,21H,11H2,1-3H3. The molecule has 0 saturated heterocycles. The molecule has 1 N–H and O–H groups in total. The van der Waals surface area contributed by atoms with E-state index in [1.165, 1.54) is 22.3 Å². The van der Waals surface area contributed by atoms with Gasteiger partial charge in [-0.05, 0) is 55.7 Å². The van der Waals surface area contributed by atoms with Crippen molar-refractivity contribution >= 4 is 16.7 Å². The fourth-order valence-electron chi connectivity index (χ4n) is 2.75. The summed E-state index contributed by atoms with van der Waals surface area (Å²) in [5.74, 6) is 0. The van der Waals surface area contributed by atoms with Gasteiger partial charge in [0, 0.05) is 24.6 Å². The Bertz CT molecular complexity index is 770. The van der Waals surface area contributed by atoms with E-state index in [0.29, 0.717) is 0 Å². The highest BCUT2D eigenvalue weighted by Crippen LogP contribution is 2.20. The first-order valence-corrected chi connectivity index (χ1v) is 7.15. The normalized spacial score (nSPS) is 10.8. The van der Waals surface area contributed by atoms with Crippen molar-refractivity contribution in [3.8, 4) is 0 Å². The lowest BCUT2D eigenvalue weighted by atomic mass is 10.00. The zero-order chi connectivity index (χ0) is 14.8. The van der Waals surface area contributed by atoms with Crippen LogP contribution < -0.4 is 5.32 Å². The maximum Gasteiger partial charge on any atom is 0.0907 e. The Morgan fingerprint density at radius 3 is 2.24 bits per heavy atom. The molecule has 3 heteroatoms. The average molecular weight is 277 g/mol. The second-order valence-corrected chi connectivity index (χ2v) is 5.49. The number of benzene rings is 2. The maximum absolute atomic E-state index is 4.34. The molecule has 0 unspecified atom stereocenters. The number of hydrogen-bond acceptors (Lipinski definition) is 3. The minimum atomic E-state index is 0.823. The predicted octanol–water partition coefficient (Wildman–Crippen LogP) is 4.17. The van der Waals surface area contributed by atoms with E-state index in [0.717, 1.165) is 23.3 Å². The third-order valence-corrected chi connectivity index (χ3v) is 3.78. The van der Waals surface area contributed by atoms with Gasteiger partial charge in [0.1, 0.15) is 0 Å². The summed E-state index contributed by atoms with van der Waals surface area (Å²) >= 11 is 0. The molecule has 0 atom stereocenters. The van der Waals surface area contributed by atoms with Crippen LogP contribution in [0.2, 0.25) is 0 Å². The van der Waals surface area contributed by atoms with Crippen molar-refractivity contribution in [1.82, 2.24) is 9.97 Å². The van der Waals surface area contributed by atoms with E-state index >= 15 is 0 Å². The van der Waals surface area contributed by atoms with Crippen molar-refractivity contribution in [2.75, 3.05) is 5.32 Å². The summed E-state index contributed by atoms with van der Waals surface area (Å²) in [5.41, 5.74) is 8.25. The van der Waals surface area contributed by atoms with E-state index in [1.54, 1.807) is 12.4 Å². The molecule has 1 heterocycles. The lowest BCUT2D eigenvalue weighted by molar-refractivity contribution is 1.08. The minimum Gasteiger partial charge on any atom is -0.381 e. The first-order valence-electron chi connectivity index (χ1n) is 7.15. The van der Waals surface area contributed by atoms with Gasteiger partial charge in [-0.15, -0.1) is 0 Å². The van der Waals surface area contributed by atoms with Gasteiger partial charge in [0.15, 0.2) is 0 Å². The Balaban J connectivity index is 1.83. The molecule has 0 aliphatic rings. The smallest absolute Gasteiger partial charge is 0.0907 e. The van der Waals surface area contributed by atoms with Gasteiger partial charge >= 0.3 is 0 Å². The van der Waals surface area contributed by atoms with Crippen LogP contribution in [0, 0.1) is 20.8 Å². The molecule has 0 aliphatic heterocycles. The molecule has 1 aromatic heterocycles. The topological polar surface area (TPSA) is 37.8 Å². The molecule has 0 radical (unpaired) electrons. The Kier molecular flexibility index (Phi) is 3.57. The number of aryl methyl sites for hydroxylation is 3. The van der Waals surface area contributed by atoms with Crippen LogP contribution >= 0.6 is 0 Å². The fourth-order valence-corrected chi connectivity index (χ4v) is 2.75. The summed E-state index contributed by atoms with van der Waals surface area (Å²) in [4.78, 5) is 8.63. The first kappa shape index (κ1) is 13.6. The molecule has 106 valence electrons. The molecule has 3 rings (SSSR count). The summed E-state index contributed by atoms with van der Waals surface area (Å²) in [6, 6.07) is 10.6. The van der Waals surface area contributed by atoms with Crippen LogP contribution in [0.15, 0.2) is 42.7 Å². The van der Waals surface area contributed by atoms with Crippen LogP contribution in [-0.4, -0.2) is 9.97 Å². The lowest BCUT2D eigenvalue weighted by Gasteiger charge is -2.13. The SMILES string of the molecule is Cc1cc(C)c(CNc2ccc3nccnc3c2)c(C)c1. The van der Waals surface area contributed by atoms with Gasteiger partial charge in [0.2, 0.25) is 0 Å². The Morgan fingerprint density at radius 2 is 1.52 bits per heavy atom. The molecule has 2 aromatic carbocycles. The summed E-state index contributed by atoms with van der Waals surface area (Å²) in [5, 5.41) is 3.49. The highest BCUT2D eigenvalue weighted by Gasteiger charge is 2.04. The van der Waals surface area contributed by atoms with Gasteiger partial charge in [0.25, 0.3) is 0 Å². The van der Waals surface area contributed by atoms with Crippen LogP contribution in [0.1, 0.15) is 22.3 Å². The van der Waals surface area contributed by atoms with E-state index in [4.69, 9.17) is 0 Å². The van der Waals surface area contributed by atoms with Crippen LogP contribution in [0.25, 0.3) is 11.0 Å². The van der Waals surface area contributed by atoms with E-state index in [9.17, 15) is 0 Å². The van der Waals surface area contributed by atoms with Gasteiger partial charge < -0.3 is 5.32 Å². The van der Waals surface area contributed by atoms with E-state index in [-0.39, 0.29) is 0 Å². The average Bonchev–Trinajstić information content (AvgIpc) is 2.46. The second kappa shape index (κ2) is 5.52. The fraction of sp³-hybridized carbons (Fsp3) is 0.222. The zero-order valence-electron chi connectivity index (χ0n) is 12.6. The van der Waals surface area contributed by atoms with Crippen LogP contribution in [0.3, 0.4) is 0 Å². The second-order valence-electron chi connectivity index (χ2n) is 5.49. The van der Waals surface area contributed by atoms with Crippen molar-refractivity contribution in [2.45, 2.75) is 27.3 Å². The van der Waals surface area contributed by atoms with Crippen molar-refractivity contribution in [3.63, 3.8) is 0 Å². The van der Waals surface area contributed by atoms with Gasteiger partial charge in [0.05, 0.1) is 11.0 Å². The molecule has 0 saturated carbocycles. The molecule has 0 spiro atoms. The van der Waals surface area contributed by atoms with E-state index < -0.39 is 0 Å². The van der Waals surface area contributed by atoms with E-state index in [2.05, 4.69) is 54.3 Å². The van der Waals surface area contributed by atoms with Gasteiger partial charge in [-0.1, -0.05) is 17.7 Å². The Hall–Kier alpha value is -2.42. The molecule has 3 nitrogen and oxygen atoms in total. The van der Waals surface area contributed by atoms with Crippen molar-refractivity contribution in [1.29, 1.82) is 0 Å². The largest absolute Gasteiger partial charge is 0.381 e. The maximum atomic E-state index is 4.34. The van der Waals surface area contributed by atoms with Crippen molar-refractivity contribution in [2.24, 2.45) is 0 Å². The number of aromatic nitrogens is 2. The number of rotatable bonds is 3. The summed E-state index contributed by atoms with van der Waals surface area (Å²) in [7, 11) is 0. The molecular formula is C18H19N3. The van der Waals surface area contributed by atoms with Crippen molar-refractivity contribution in [3.05, 3.63) is 65.0 Å². The third kappa shape index (κ3) is 2.87. The van der Waals surface area contributed by atoms with E-state index in [1.807, 2.05) is 12.1 Å². The summed E-state index contributed by atoms with van der Waals surface area (Å²) in [6.45, 7) is 7.30. The molecule has 0 amide bonds. The Morgan fingerprint density at radius 1 is 0.857 bits per heavy atom. The number of anilines is 1. The van der Waals surface area contributed by atoms with Gasteiger partial charge in [-0.25, -0.2) is 0 Å². The summed E-state index contributed by atoms with van der Waals surface area (Å²) in [6.07, 6.45) is 3.44. The summed E-state index contributed by atoms with van der Waals surface area (Å²) < 4.78 is 0. The molecular weight excluding hydrogens is 258 g/mol. The molecule has 21 heavy (non-hydrogen) atoms. The lowest BCUT2D eigenvalue weighted by Crippen LogP contribution is -2.04. The van der Waals surface area contributed by atoms with Gasteiger partial charge in [-0.3, -0.25) is 9.97 Å². The molecule has 3 aromatic rings.